The van der Waals surface area contributed by atoms with Crippen LogP contribution in [0, 0.1) is 5.41 Å². The van der Waals surface area contributed by atoms with Crippen molar-refractivity contribution in [1.82, 2.24) is 0 Å². The van der Waals surface area contributed by atoms with Crippen LogP contribution in [0.2, 0.25) is 0 Å². The first kappa shape index (κ1) is 10.5. The molecule has 0 atom stereocenters. The van der Waals surface area contributed by atoms with Crippen molar-refractivity contribution in [3.8, 4) is 0 Å². The van der Waals surface area contributed by atoms with E-state index in [4.69, 9.17) is 5.21 Å². The molecule has 0 aliphatic rings. The van der Waals surface area contributed by atoms with Crippen molar-refractivity contribution in [2.24, 2.45) is 10.6 Å². The molecule has 0 aliphatic heterocycles. The molecule has 0 fully saturated rings. The van der Waals surface area contributed by atoms with Crippen molar-refractivity contribution in [3.63, 3.8) is 0 Å². The Hall–Kier alpha value is -0.530. The maximum Gasteiger partial charge on any atom is 0.0435 e. The monoisotopic (exact) mass is 157 g/mol. The summed E-state index contributed by atoms with van der Waals surface area (Å²) in [7, 11) is 0. The van der Waals surface area contributed by atoms with Gasteiger partial charge in [-0.05, 0) is 24.7 Å². The number of hydrogen-bond donors (Lipinski definition) is 1. The average molecular weight is 157 g/mol. The molecule has 0 unspecified atom stereocenters. The molecule has 0 bridgehead atoms. The Labute approximate surface area is 69.3 Å². The Morgan fingerprint density at radius 2 is 1.91 bits per heavy atom. The van der Waals surface area contributed by atoms with E-state index in [0.717, 1.165) is 12.8 Å². The molecule has 0 aliphatic carbocycles. The highest BCUT2D eigenvalue weighted by Crippen LogP contribution is 2.21. The summed E-state index contributed by atoms with van der Waals surface area (Å²) in [5.74, 6) is 0. The molecule has 1 N–H and O–H groups in total. The first-order chi connectivity index (χ1) is 5.06. The lowest BCUT2D eigenvalue weighted by atomic mass is 9.90. The number of nitrogens with zero attached hydrogens (tertiary/aromatic N) is 1. The molecule has 2 nitrogen and oxygen atoms in total. The third-order valence-corrected chi connectivity index (χ3v) is 1.59. The molecule has 0 saturated carbocycles. The Balaban J connectivity index is 3.15. The molecule has 0 aromatic heterocycles. The number of oxime groups is 1. The van der Waals surface area contributed by atoms with Gasteiger partial charge in [0.15, 0.2) is 0 Å². The van der Waals surface area contributed by atoms with E-state index < -0.39 is 0 Å². The van der Waals surface area contributed by atoms with Gasteiger partial charge < -0.3 is 5.21 Å². The van der Waals surface area contributed by atoms with E-state index in [1.54, 1.807) is 6.21 Å². The fourth-order valence-electron chi connectivity index (χ4n) is 0.949. The SMILES string of the molecule is CC(C)(C)CCCCC=NO. The topological polar surface area (TPSA) is 32.6 Å². The van der Waals surface area contributed by atoms with Gasteiger partial charge >= 0.3 is 0 Å². The van der Waals surface area contributed by atoms with E-state index >= 15 is 0 Å². The molecular formula is C9H19NO. The largest absolute Gasteiger partial charge is 0.411 e. The lowest BCUT2D eigenvalue weighted by molar-refractivity contribution is 0.319. The fourth-order valence-corrected chi connectivity index (χ4v) is 0.949. The second-order valence-electron chi connectivity index (χ2n) is 4.10. The summed E-state index contributed by atoms with van der Waals surface area (Å²) in [6.45, 7) is 6.73. The summed E-state index contributed by atoms with van der Waals surface area (Å²) in [6, 6.07) is 0. The van der Waals surface area contributed by atoms with E-state index in [9.17, 15) is 0 Å². The maximum absolute atomic E-state index is 8.09. The minimum Gasteiger partial charge on any atom is -0.411 e. The molecule has 0 amide bonds. The predicted molar refractivity (Wildman–Crippen MR) is 48.2 cm³/mol. The minimum atomic E-state index is 0.441. The van der Waals surface area contributed by atoms with E-state index in [2.05, 4.69) is 25.9 Å². The average Bonchev–Trinajstić information content (AvgIpc) is 1.85. The summed E-state index contributed by atoms with van der Waals surface area (Å²) < 4.78 is 0. The normalized spacial score (nSPS) is 12.6. The zero-order chi connectivity index (χ0) is 8.74. The van der Waals surface area contributed by atoms with Crippen LogP contribution in [0.15, 0.2) is 5.16 Å². The van der Waals surface area contributed by atoms with Gasteiger partial charge in [-0.1, -0.05) is 27.2 Å². The van der Waals surface area contributed by atoms with E-state index in [0.29, 0.717) is 5.41 Å². The molecule has 0 saturated heterocycles. The van der Waals surface area contributed by atoms with Gasteiger partial charge in [-0.3, -0.25) is 0 Å². The van der Waals surface area contributed by atoms with Crippen molar-refractivity contribution in [1.29, 1.82) is 0 Å². The number of hydrogen-bond acceptors (Lipinski definition) is 2. The van der Waals surface area contributed by atoms with Crippen LogP contribution < -0.4 is 0 Å². The van der Waals surface area contributed by atoms with Gasteiger partial charge in [0, 0.05) is 6.21 Å². The molecule has 0 radical (unpaired) electrons. The second kappa shape index (κ2) is 5.16. The van der Waals surface area contributed by atoms with Gasteiger partial charge in [-0.2, -0.15) is 0 Å². The molecule has 11 heavy (non-hydrogen) atoms. The van der Waals surface area contributed by atoms with Gasteiger partial charge in [0.05, 0.1) is 0 Å². The van der Waals surface area contributed by atoms with Gasteiger partial charge in [0.2, 0.25) is 0 Å². The standard InChI is InChI=1S/C9H19NO/c1-9(2,3)7-5-4-6-8-10-11/h8,11H,4-7H2,1-3H3. The van der Waals surface area contributed by atoms with Crippen molar-refractivity contribution in [2.45, 2.75) is 46.5 Å². The Kier molecular flexibility index (Phi) is 4.92. The summed E-state index contributed by atoms with van der Waals surface area (Å²) in [4.78, 5) is 0. The van der Waals surface area contributed by atoms with Gasteiger partial charge in [-0.15, -0.1) is 5.16 Å². The molecule has 0 rings (SSSR count). The van der Waals surface area contributed by atoms with Crippen LogP contribution in [0.1, 0.15) is 46.5 Å². The molecule has 2 heteroatoms. The number of unbranched alkanes of at least 4 members (excludes halogenated alkanes) is 2. The molecule has 0 heterocycles. The molecule has 0 aromatic carbocycles. The van der Waals surface area contributed by atoms with E-state index in [-0.39, 0.29) is 0 Å². The lowest BCUT2D eigenvalue weighted by Gasteiger charge is -2.16. The van der Waals surface area contributed by atoms with Crippen molar-refractivity contribution < 1.29 is 5.21 Å². The third-order valence-electron chi connectivity index (χ3n) is 1.59. The lowest BCUT2D eigenvalue weighted by Crippen LogP contribution is -2.03. The van der Waals surface area contributed by atoms with Crippen molar-refractivity contribution in [2.75, 3.05) is 0 Å². The van der Waals surface area contributed by atoms with Crippen LogP contribution in [0.3, 0.4) is 0 Å². The first-order valence-electron chi connectivity index (χ1n) is 4.22. The molecule has 0 aromatic rings. The smallest absolute Gasteiger partial charge is 0.0435 e. The third kappa shape index (κ3) is 9.47. The Bertz CT molecular complexity index is 113. The zero-order valence-electron chi connectivity index (χ0n) is 7.80. The highest BCUT2D eigenvalue weighted by atomic mass is 16.4. The highest BCUT2D eigenvalue weighted by Gasteiger charge is 2.08. The molecule has 66 valence electrons. The van der Waals surface area contributed by atoms with Gasteiger partial charge in [-0.25, -0.2) is 0 Å². The second-order valence-corrected chi connectivity index (χ2v) is 4.10. The summed E-state index contributed by atoms with van der Waals surface area (Å²) in [5.41, 5.74) is 0.441. The first-order valence-corrected chi connectivity index (χ1v) is 4.22. The van der Waals surface area contributed by atoms with Gasteiger partial charge in [0.25, 0.3) is 0 Å². The van der Waals surface area contributed by atoms with Crippen LogP contribution in [-0.4, -0.2) is 11.4 Å². The van der Waals surface area contributed by atoms with Crippen LogP contribution >= 0.6 is 0 Å². The summed E-state index contributed by atoms with van der Waals surface area (Å²) in [5, 5.41) is 11.0. The Morgan fingerprint density at radius 3 is 2.36 bits per heavy atom. The Morgan fingerprint density at radius 1 is 1.27 bits per heavy atom. The van der Waals surface area contributed by atoms with Crippen LogP contribution in [0.5, 0.6) is 0 Å². The quantitative estimate of drug-likeness (QED) is 0.289. The zero-order valence-corrected chi connectivity index (χ0v) is 7.80. The van der Waals surface area contributed by atoms with Gasteiger partial charge in [0.1, 0.15) is 0 Å². The van der Waals surface area contributed by atoms with E-state index in [1.165, 1.54) is 12.8 Å². The minimum absolute atomic E-state index is 0.441. The number of rotatable bonds is 4. The predicted octanol–water partition coefficient (Wildman–Crippen LogP) is 3.05. The van der Waals surface area contributed by atoms with Crippen LogP contribution in [0.4, 0.5) is 0 Å². The maximum atomic E-state index is 8.09. The van der Waals surface area contributed by atoms with Crippen LogP contribution in [0.25, 0.3) is 0 Å². The molecule has 0 spiro atoms. The summed E-state index contributed by atoms with van der Waals surface area (Å²) in [6.07, 6.45) is 6.04. The van der Waals surface area contributed by atoms with Crippen molar-refractivity contribution >= 4 is 6.21 Å². The van der Waals surface area contributed by atoms with Crippen molar-refractivity contribution in [3.05, 3.63) is 0 Å². The highest BCUT2D eigenvalue weighted by molar-refractivity contribution is 5.55. The fraction of sp³-hybridized carbons (Fsp3) is 0.889. The summed E-state index contributed by atoms with van der Waals surface area (Å²) >= 11 is 0. The molecular weight excluding hydrogens is 138 g/mol. The van der Waals surface area contributed by atoms with Crippen LogP contribution in [-0.2, 0) is 0 Å². The van der Waals surface area contributed by atoms with E-state index in [1.807, 2.05) is 0 Å².